The van der Waals surface area contributed by atoms with Crippen LogP contribution < -0.4 is 4.74 Å². The van der Waals surface area contributed by atoms with Crippen LogP contribution in [-0.4, -0.2) is 22.5 Å². The first kappa shape index (κ1) is 16.4. The number of aromatic nitrogens is 2. The van der Waals surface area contributed by atoms with Crippen LogP contribution in [0.25, 0.3) is 0 Å². The van der Waals surface area contributed by atoms with Crippen molar-refractivity contribution in [2.75, 3.05) is 6.61 Å². The summed E-state index contributed by atoms with van der Waals surface area (Å²) in [4.78, 5) is 20.0. The summed E-state index contributed by atoms with van der Waals surface area (Å²) in [5.41, 5.74) is 2.09. The molecule has 1 aliphatic heterocycles. The van der Waals surface area contributed by atoms with Gasteiger partial charge in [-0.3, -0.25) is 0 Å². The molecule has 2 aromatic rings. The molecule has 0 fully saturated rings. The number of ether oxygens (including phenoxy) is 2. The van der Waals surface area contributed by atoms with Gasteiger partial charge in [-0.15, -0.1) is 0 Å². The molecule has 0 aliphatic carbocycles. The SMILES string of the molecule is CCOC(=O)C1=C(C)Oc2[nH]c(C)nc(=S)c2C1c1ccccc1. The maximum atomic E-state index is 12.6. The molecule has 0 spiro atoms. The van der Waals surface area contributed by atoms with Gasteiger partial charge in [-0.05, 0) is 26.3 Å². The monoisotopic (exact) mass is 342 g/mol. The van der Waals surface area contributed by atoms with Gasteiger partial charge in [0.15, 0.2) is 0 Å². The van der Waals surface area contributed by atoms with E-state index in [0.717, 1.165) is 5.56 Å². The van der Waals surface area contributed by atoms with E-state index in [4.69, 9.17) is 21.7 Å². The quantitative estimate of drug-likeness (QED) is 0.679. The first-order valence-corrected chi connectivity index (χ1v) is 8.15. The Hall–Kier alpha value is -2.47. The molecule has 1 aliphatic rings. The number of aryl methyl sites for hydroxylation is 1. The number of benzene rings is 1. The third kappa shape index (κ3) is 2.85. The molecular formula is C18H18N2O3S. The minimum absolute atomic E-state index is 0.295. The van der Waals surface area contributed by atoms with Crippen molar-refractivity contribution in [1.29, 1.82) is 0 Å². The summed E-state index contributed by atoms with van der Waals surface area (Å²) in [7, 11) is 0. The molecule has 5 nitrogen and oxygen atoms in total. The molecule has 24 heavy (non-hydrogen) atoms. The van der Waals surface area contributed by atoms with E-state index in [2.05, 4.69) is 9.97 Å². The van der Waals surface area contributed by atoms with Crippen molar-refractivity contribution in [2.24, 2.45) is 0 Å². The van der Waals surface area contributed by atoms with Gasteiger partial charge in [0, 0.05) is 0 Å². The second-order valence-corrected chi connectivity index (χ2v) is 5.89. The van der Waals surface area contributed by atoms with E-state index in [9.17, 15) is 4.79 Å². The minimum Gasteiger partial charge on any atom is -0.463 e. The number of H-pyrrole nitrogens is 1. The zero-order valence-corrected chi connectivity index (χ0v) is 14.6. The summed E-state index contributed by atoms with van der Waals surface area (Å²) in [6.07, 6.45) is 0. The normalized spacial score (nSPS) is 16.4. The van der Waals surface area contributed by atoms with Crippen LogP contribution in [-0.2, 0) is 9.53 Å². The zero-order chi connectivity index (χ0) is 17.3. The van der Waals surface area contributed by atoms with Gasteiger partial charge >= 0.3 is 5.97 Å². The van der Waals surface area contributed by atoms with Gasteiger partial charge < -0.3 is 14.5 Å². The van der Waals surface area contributed by atoms with Crippen molar-refractivity contribution < 1.29 is 14.3 Å². The number of nitrogens with zero attached hydrogens (tertiary/aromatic N) is 1. The van der Waals surface area contributed by atoms with Crippen molar-refractivity contribution in [3.63, 3.8) is 0 Å². The second kappa shape index (κ2) is 6.57. The molecule has 3 rings (SSSR count). The van der Waals surface area contributed by atoms with Crippen molar-refractivity contribution >= 4 is 18.2 Å². The summed E-state index contributed by atoms with van der Waals surface area (Å²) in [5.74, 6) is 0.936. The fraction of sp³-hybridized carbons (Fsp3) is 0.278. The van der Waals surface area contributed by atoms with E-state index < -0.39 is 5.97 Å². The van der Waals surface area contributed by atoms with Crippen LogP contribution in [0.4, 0.5) is 0 Å². The average molecular weight is 342 g/mol. The molecular weight excluding hydrogens is 324 g/mol. The molecule has 2 heterocycles. The molecule has 1 aromatic carbocycles. The molecule has 1 atom stereocenters. The summed E-state index contributed by atoms with van der Waals surface area (Å²) in [6, 6.07) is 9.70. The van der Waals surface area contributed by atoms with Gasteiger partial charge in [0.2, 0.25) is 5.88 Å². The topological polar surface area (TPSA) is 64.2 Å². The van der Waals surface area contributed by atoms with Gasteiger partial charge in [-0.1, -0.05) is 42.5 Å². The summed E-state index contributed by atoms with van der Waals surface area (Å²) in [5, 5.41) is 0. The molecule has 6 heteroatoms. The lowest BCUT2D eigenvalue weighted by atomic mass is 9.84. The molecule has 1 aromatic heterocycles. The van der Waals surface area contributed by atoms with E-state index in [1.807, 2.05) is 37.3 Å². The molecule has 0 radical (unpaired) electrons. The highest BCUT2D eigenvalue weighted by Crippen LogP contribution is 2.42. The average Bonchev–Trinajstić information content (AvgIpc) is 2.54. The number of esters is 1. The molecule has 124 valence electrons. The van der Waals surface area contributed by atoms with E-state index in [0.29, 0.717) is 39.8 Å². The lowest BCUT2D eigenvalue weighted by Gasteiger charge is -2.28. The fourth-order valence-corrected chi connectivity index (χ4v) is 3.26. The van der Waals surface area contributed by atoms with Gasteiger partial charge in [0.05, 0.1) is 23.7 Å². The highest BCUT2D eigenvalue weighted by Gasteiger charge is 2.36. The number of nitrogens with one attached hydrogen (secondary N) is 1. The predicted octanol–water partition coefficient (Wildman–Crippen LogP) is 3.81. The molecule has 0 amide bonds. The Morgan fingerprint density at radius 1 is 1.33 bits per heavy atom. The summed E-state index contributed by atoms with van der Waals surface area (Å²) in [6.45, 7) is 5.65. The highest BCUT2D eigenvalue weighted by atomic mass is 32.1. The Kier molecular flexibility index (Phi) is 4.49. The number of carbonyl (C=O) groups is 1. The van der Waals surface area contributed by atoms with Crippen LogP contribution in [0.1, 0.15) is 36.7 Å². The van der Waals surface area contributed by atoms with E-state index in [1.165, 1.54) is 0 Å². The van der Waals surface area contributed by atoms with E-state index in [-0.39, 0.29) is 5.92 Å². The number of fused-ring (bicyclic) bond motifs is 1. The van der Waals surface area contributed by atoms with Crippen LogP contribution in [0, 0.1) is 11.6 Å². The van der Waals surface area contributed by atoms with Crippen LogP contribution in [0.3, 0.4) is 0 Å². The van der Waals surface area contributed by atoms with Crippen LogP contribution in [0.15, 0.2) is 41.7 Å². The van der Waals surface area contributed by atoms with E-state index in [1.54, 1.807) is 13.8 Å². The summed E-state index contributed by atoms with van der Waals surface area (Å²) >= 11 is 5.46. The number of hydrogen-bond acceptors (Lipinski definition) is 5. The predicted molar refractivity (Wildman–Crippen MR) is 92.4 cm³/mol. The lowest BCUT2D eigenvalue weighted by molar-refractivity contribution is -0.139. The van der Waals surface area contributed by atoms with Crippen molar-refractivity contribution in [3.05, 3.63) is 63.3 Å². The third-order valence-electron chi connectivity index (χ3n) is 3.88. The number of hydrogen-bond donors (Lipinski definition) is 1. The first-order chi connectivity index (χ1) is 11.5. The Morgan fingerprint density at radius 3 is 2.71 bits per heavy atom. The lowest BCUT2D eigenvalue weighted by Crippen LogP contribution is -2.24. The van der Waals surface area contributed by atoms with Gasteiger partial charge in [-0.25, -0.2) is 9.78 Å². The Morgan fingerprint density at radius 2 is 2.04 bits per heavy atom. The largest absolute Gasteiger partial charge is 0.463 e. The molecule has 1 unspecified atom stereocenters. The van der Waals surface area contributed by atoms with Crippen LogP contribution >= 0.6 is 12.2 Å². The molecule has 0 saturated heterocycles. The second-order valence-electron chi connectivity index (χ2n) is 5.51. The molecule has 0 bridgehead atoms. The smallest absolute Gasteiger partial charge is 0.338 e. The van der Waals surface area contributed by atoms with Gasteiger partial charge in [0.1, 0.15) is 16.2 Å². The molecule has 0 saturated carbocycles. The molecule has 1 N–H and O–H groups in total. The van der Waals surface area contributed by atoms with Crippen molar-refractivity contribution in [3.8, 4) is 5.88 Å². The van der Waals surface area contributed by atoms with Crippen molar-refractivity contribution in [1.82, 2.24) is 9.97 Å². The van der Waals surface area contributed by atoms with Crippen LogP contribution in [0.5, 0.6) is 5.88 Å². The maximum absolute atomic E-state index is 12.6. The summed E-state index contributed by atoms with van der Waals surface area (Å²) < 4.78 is 11.5. The van der Waals surface area contributed by atoms with E-state index >= 15 is 0 Å². The minimum atomic E-state index is -0.399. The number of aromatic amines is 1. The van der Waals surface area contributed by atoms with Crippen molar-refractivity contribution in [2.45, 2.75) is 26.7 Å². The fourth-order valence-electron chi connectivity index (χ4n) is 2.91. The van der Waals surface area contributed by atoms with Crippen LogP contribution in [0.2, 0.25) is 0 Å². The standard InChI is InChI=1S/C18H18N2O3S/c1-4-22-18(21)13-10(2)23-16-15(17(24)20-11(3)19-16)14(13)12-8-6-5-7-9-12/h5-9,14H,4H2,1-3H3,(H,19,20,24). The Labute approximate surface area is 145 Å². The highest BCUT2D eigenvalue weighted by molar-refractivity contribution is 7.71. The Bertz CT molecular complexity index is 872. The Balaban J connectivity index is 2.26. The number of rotatable bonds is 3. The number of allylic oxidation sites excluding steroid dienone is 1. The van der Waals surface area contributed by atoms with Gasteiger partial charge in [-0.2, -0.15) is 0 Å². The third-order valence-corrected chi connectivity index (χ3v) is 4.19. The zero-order valence-electron chi connectivity index (χ0n) is 13.8. The number of carbonyl (C=O) groups excluding carboxylic acids is 1. The van der Waals surface area contributed by atoms with Gasteiger partial charge in [0.25, 0.3) is 0 Å². The maximum Gasteiger partial charge on any atom is 0.338 e. The first-order valence-electron chi connectivity index (χ1n) is 7.74.